The lowest BCUT2D eigenvalue weighted by Crippen LogP contribution is -2.25. The maximum Gasteiger partial charge on any atom is 0.305 e. The van der Waals surface area contributed by atoms with E-state index in [1.54, 1.807) is 0 Å². The van der Waals surface area contributed by atoms with Gasteiger partial charge in [0.25, 0.3) is 0 Å². The van der Waals surface area contributed by atoms with Crippen LogP contribution in [0.2, 0.25) is 0 Å². The molecular weight excluding hydrogens is 262 g/mol. The van der Waals surface area contributed by atoms with Crippen LogP contribution in [0.3, 0.4) is 0 Å². The predicted molar refractivity (Wildman–Crippen MR) is 85.7 cm³/mol. The zero-order chi connectivity index (χ0) is 15.2. The van der Waals surface area contributed by atoms with Crippen LogP contribution >= 0.6 is 0 Å². The zero-order valence-corrected chi connectivity index (χ0v) is 12.5. The van der Waals surface area contributed by atoms with E-state index in [0.29, 0.717) is 6.54 Å². The molecule has 110 valence electrons. The minimum atomic E-state index is -0.767. The Balaban J connectivity index is 2.19. The fraction of sp³-hybridized carbons (Fsp3) is 0.278. The molecule has 2 aromatic carbocycles. The lowest BCUT2D eigenvalue weighted by Gasteiger charge is -2.24. The molecule has 0 amide bonds. The van der Waals surface area contributed by atoms with Gasteiger partial charge in [-0.3, -0.25) is 4.79 Å². The number of benzene rings is 2. The van der Waals surface area contributed by atoms with Crippen molar-refractivity contribution >= 4 is 11.7 Å². The normalized spacial score (nSPS) is 10.4. The van der Waals surface area contributed by atoms with E-state index in [9.17, 15) is 4.79 Å². The number of carboxylic acid groups (broad SMARTS) is 1. The van der Waals surface area contributed by atoms with Gasteiger partial charge in [-0.1, -0.05) is 47.5 Å². The van der Waals surface area contributed by atoms with Crippen molar-refractivity contribution in [2.75, 3.05) is 11.4 Å². The summed E-state index contributed by atoms with van der Waals surface area (Å²) in [4.78, 5) is 13.0. The molecule has 0 fully saturated rings. The Kier molecular flexibility index (Phi) is 4.99. The van der Waals surface area contributed by atoms with Gasteiger partial charge in [0.2, 0.25) is 0 Å². The molecule has 21 heavy (non-hydrogen) atoms. The Hall–Kier alpha value is -2.29. The average molecular weight is 283 g/mol. The number of hydrogen-bond donors (Lipinski definition) is 1. The minimum absolute atomic E-state index is 0.139. The summed E-state index contributed by atoms with van der Waals surface area (Å²) in [6, 6.07) is 16.5. The van der Waals surface area contributed by atoms with Gasteiger partial charge >= 0.3 is 5.97 Å². The highest BCUT2D eigenvalue weighted by Crippen LogP contribution is 2.19. The monoisotopic (exact) mass is 283 g/mol. The van der Waals surface area contributed by atoms with Crippen LogP contribution < -0.4 is 4.90 Å². The summed E-state index contributed by atoms with van der Waals surface area (Å²) in [6.45, 7) is 5.34. The van der Waals surface area contributed by atoms with Gasteiger partial charge in [0.05, 0.1) is 6.42 Å². The Morgan fingerprint density at radius 2 is 1.76 bits per heavy atom. The van der Waals surface area contributed by atoms with Crippen molar-refractivity contribution in [1.29, 1.82) is 0 Å². The second kappa shape index (κ2) is 6.93. The van der Waals surface area contributed by atoms with E-state index in [1.807, 2.05) is 25.1 Å². The molecule has 0 heterocycles. The summed E-state index contributed by atoms with van der Waals surface area (Å²) in [5.41, 5.74) is 4.67. The van der Waals surface area contributed by atoms with Crippen LogP contribution in [-0.4, -0.2) is 17.6 Å². The molecule has 0 atom stereocenters. The summed E-state index contributed by atoms with van der Waals surface area (Å²) in [7, 11) is 0. The molecule has 0 unspecified atom stereocenters. The molecule has 3 nitrogen and oxygen atoms in total. The van der Waals surface area contributed by atoms with Crippen molar-refractivity contribution in [3.05, 3.63) is 65.2 Å². The topological polar surface area (TPSA) is 40.5 Å². The van der Waals surface area contributed by atoms with Gasteiger partial charge < -0.3 is 10.0 Å². The van der Waals surface area contributed by atoms with Crippen LogP contribution in [0.25, 0.3) is 0 Å². The molecule has 0 saturated carbocycles. The second-order valence-corrected chi connectivity index (χ2v) is 5.39. The van der Waals surface area contributed by atoms with E-state index < -0.39 is 5.97 Å². The highest BCUT2D eigenvalue weighted by molar-refractivity contribution is 5.67. The third-order valence-corrected chi connectivity index (χ3v) is 3.45. The summed E-state index contributed by atoms with van der Waals surface area (Å²) in [6.07, 6.45) is 0.139. The molecule has 0 radical (unpaired) electrons. The molecule has 0 aliphatic carbocycles. The maximum absolute atomic E-state index is 10.9. The van der Waals surface area contributed by atoms with E-state index in [1.165, 1.54) is 16.7 Å². The number of nitrogens with zero attached hydrogens (tertiary/aromatic N) is 1. The van der Waals surface area contributed by atoms with E-state index in [4.69, 9.17) is 5.11 Å². The predicted octanol–water partition coefficient (Wildman–Crippen LogP) is 3.78. The number of rotatable bonds is 6. The molecule has 0 bridgehead atoms. The van der Waals surface area contributed by atoms with Crippen LogP contribution in [0.1, 0.15) is 23.1 Å². The molecule has 0 aliphatic heterocycles. The van der Waals surface area contributed by atoms with Gasteiger partial charge in [-0.05, 0) is 31.5 Å². The highest BCUT2D eigenvalue weighted by atomic mass is 16.4. The molecule has 2 rings (SSSR count). The van der Waals surface area contributed by atoms with Crippen LogP contribution in [0, 0.1) is 13.8 Å². The van der Waals surface area contributed by atoms with Crippen LogP contribution in [0.15, 0.2) is 48.5 Å². The number of aliphatic carboxylic acids is 1. The van der Waals surface area contributed by atoms with Gasteiger partial charge in [0.1, 0.15) is 0 Å². The van der Waals surface area contributed by atoms with Crippen LogP contribution in [0.5, 0.6) is 0 Å². The standard InChI is InChI=1S/C18H21NO2/c1-14-6-8-17(9-7-14)19(11-10-18(20)21)13-16-5-3-4-15(2)12-16/h3-9,12H,10-11,13H2,1-2H3,(H,20,21). The molecule has 0 saturated heterocycles. The molecule has 1 N–H and O–H groups in total. The smallest absolute Gasteiger partial charge is 0.305 e. The average Bonchev–Trinajstić information content (AvgIpc) is 2.44. The molecular formula is C18H21NO2. The van der Waals surface area contributed by atoms with E-state index in [0.717, 1.165) is 12.2 Å². The van der Waals surface area contributed by atoms with Crippen molar-refractivity contribution in [3.63, 3.8) is 0 Å². The Morgan fingerprint density at radius 1 is 1.05 bits per heavy atom. The van der Waals surface area contributed by atoms with Crippen molar-refractivity contribution < 1.29 is 9.90 Å². The van der Waals surface area contributed by atoms with Gasteiger partial charge in [-0.2, -0.15) is 0 Å². The lowest BCUT2D eigenvalue weighted by atomic mass is 10.1. The first-order chi connectivity index (χ1) is 10.0. The van der Waals surface area contributed by atoms with Gasteiger partial charge in [-0.25, -0.2) is 0 Å². The molecule has 2 aromatic rings. The minimum Gasteiger partial charge on any atom is -0.481 e. The number of aryl methyl sites for hydroxylation is 2. The Labute approximate surface area is 125 Å². The first-order valence-electron chi connectivity index (χ1n) is 7.13. The summed E-state index contributed by atoms with van der Waals surface area (Å²) < 4.78 is 0. The molecule has 0 aliphatic rings. The fourth-order valence-corrected chi connectivity index (χ4v) is 2.32. The first-order valence-corrected chi connectivity index (χ1v) is 7.13. The molecule has 0 aromatic heterocycles. The van der Waals surface area contributed by atoms with Crippen molar-refractivity contribution in [3.8, 4) is 0 Å². The fourth-order valence-electron chi connectivity index (χ4n) is 2.32. The summed E-state index contributed by atoms with van der Waals surface area (Å²) in [5, 5.41) is 8.94. The third-order valence-electron chi connectivity index (χ3n) is 3.45. The highest BCUT2D eigenvalue weighted by Gasteiger charge is 2.09. The summed E-state index contributed by atoms with van der Waals surface area (Å²) >= 11 is 0. The SMILES string of the molecule is Cc1ccc(N(CCC(=O)O)Cc2cccc(C)c2)cc1. The Morgan fingerprint density at radius 3 is 2.38 bits per heavy atom. The number of hydrogen-bond acceptors (Lipinski definition) is 2. The van der Waals surface area contributed by atoms with E-state index in [-0.39, 0.29) is 6.42 Å². The number of carboxylic acids is 1. The van der Waals surface area contributed by atoms with Crippen molar-refractivity contribution in [2.45, 2.75) is 26.8 Å². The molecule has 3 heteroatoms. The third kappa shape index (κ3) is 4.63. The molecule has 0 spiro atoms. The number of anilines is 1. The Bertz CT molecular complexity index is 605. The van der Waals surface area contributed by atoms with E-state index in [2.05, 4.69) is 42.2 Å². The van der Waals surface area contributed by atoms with Crippen molar-refractivity contribution in [1.82, 2.24) is 0 Å². The van der Waals surface area contributed by atoms with Crippen LogP contribution in [-0.2, 0) is 11.3 Å². The van der Waals surface area contributed by atoms with Crippen LogP contribution in [0.4, 0.5) is 5.69 Å². The van der Waals surface area contributed by atoms with Gasteiger partial charge in [0.15, 0.2) is 0 Å². The second-order valence-electron chi connectivity index (χ2n) is 5.39. The maximum atomic E-state index is 10.9. The van der Waals surface area contributed by atoms with Gasteiger partial charge in [-0.15, -0.1) is 0 Å². The number of carbonyl (C=O) groups is 1. The first kappa shape index (κ1) is 15.1. The lowest BCUT2D eigenvalue weighted by molar-refractivity contribution is -0.136. The van der Waals surface area contributed by atoms with Crippen molar-refractivity contribution in [2.24, 2.45) is 0 Å². The van der Waals surface area contributed by atoms with E-state index >= 15 is 0 Å². The summed E-state index contributed by atoms with van der Waals surface area (Å²) in [5.74, 6) is -0.767. The zero-order valence-electron chi connectivity index (χ0n) is 12.5. The van der Waals surface area contributed by atoms with Gasteiger partial charge in [0, 0.05) is 18.8 Å². The largest absolute Gasteiger partial charge is 0.481 e. The quantitative estimate of drug-likeness (QED) is 0.877.